The quantitative estimate of drug-likeness (QED) is 0.494. The summed E-state index contributed by atoms with van der Waals surface area (Å²) in [4.78, 5) is 31.4. The molecule has 4 aliphatic rings. The van der Waals surface area contributed by atoms with Gasteiger partial charge < -0.3 is 29.3 Å². The highest BCUT2D eigenvalue weighted by Crippen LogP contribution is 2.63. The molecule has 0 amide bonds. The molecule has 3 aliphatic heterocycles. The van der Waals surface area contributed by atoms with Crippen molar-refractivity contribution in [3.63, 3.8) is 0 Å². The van der Waals surface area contributed by atoms with Gasteiger partial charge in [-0.05, 0) is 120 Å². The van der Waals surface area contributed by atoms with Gasteiger partial charge in [0.25, 0.3) is 0 Å². The largest absolute Gasteiger partial charge is 0.549 e. The first-order chi connectivity index (χ1) is 17.7. The average molecular weight is 549 g/mol. The Morgan fingerprint density at radius 2 is 1.03 bits per heavy atom. The molecule has 8 heteroatoms. The molecule has 1 spiro atoms. The van der Waals surface area contributed by atoms with Crippen LogP contribution in [0, 0.1) is 17.3 Å². The summed E-state index contributed by atoms with van der Waals surface area (Å²) in [6, 6.07) is 0. The summed E-state index contributed by atoms with van der Waals surface area (Å²) in [5.74, 6) is -5.04. The number of ether oxygens (including phenoxy) is 2. The third-order valence-corrected chi connectivity index (χ3v) is 11.7. The lowest BCUT2D eigenvalue weighted by Gasteiger charge is -2.70. The average Bonchev–Trinajstić information content (AvgIpc) is 2.80. The van der Waals surface area contributed by atoms with Crippen LogP contribution in [0.25, 0.3) is 0 Å². The summed E-state index contributed by atoms with van der Waals surface area (Å²) in [5.41, 5.74) is -5.27. The van der Waals surface area contributed by atoms with Crippen LogP contribution in [0.2, 0.25) is 0 Å². The van der Waals surface area contributed by atoms with Crippen LogP contribution in [0.3, 0.4) is 0 Å². The van der Waals surface area contributed by atoms with E-state index in [1.165, 1.54) is 0 Å². The topological polar surface area (TPSA) is 105 Å². The molecule has 0 N–H and O–H groups in total. The number of hydrogen-bond acceptors (Lipinski definition) is 8. The van der Waals surface area contributed by atoms with Crippen LogP contribution in [0.5, 0.6) is 0 Å². The number of carbonyl (C=O) groups excluding carboxylic acids is 2. The van der Waals surface area contributed by atoms with Gasteiger partial charge >= 0.3 is 0 Å². The smallest absolute Gasteiger partial charge is 0.169 e. The lowest BCUT2D eigenvalue weighted by molar-refractivity contribution is -0.435. The number of carbonyl (C=O) groups is 2. The minimum absolute atomic E-state index is 0.319. The molecule has 4 fully saturated rings. The van der Waals surface area contributed by atoms with Crippen molar-refractivity contribution >= 4 is 11.9 Å². The van der Waals surface area contributed by atoms with Gasteiger partial charge in [-0.2, -0.15) is 0 Å². The molecule has 3 saturated heterocycles. The normalized spacial score (nSPS) is 32.1. The van der Waals surface area contributed by atoms with E-state index >= 15 is 0 Å². The van der Waals surface area contributed by atoms with Crippen molar-refractivity contribution in [3.05, 3.63) is 0 Å². The molecule has 0 aromatic rings. The fourth-order valence-corrected chi connectivity index (χ4v) is 9.18. The maximum atomic E-state index is 13.4. The molecule has 39 heavy (non-hydrogen) atoms. The molecule has 224 valence electrons. The summed E-state index contributed by atoms with van der Waals surface area (Å²) in [6.45, 7) is 16.8. The zero-order valence-electron chi connectivity index (χ0n) is 26.1. The van der Waals surface area contributed by atoms with Crippen molar-refractivity contribution in [3.8, 4) is 0 Å². The zero-order chi connectivity index (χ0) is 29.4. The number of piperidine rings is 2. The van der Waals surface area contributed by atoms with E-state index in [1.54, 1.807) is 0 Å². The second-order valence-corrected chi connectivity index (χ2v) is 15.7. The van der Waals surface area contributed by atoms with Crippen molar-refractivity contribution in [1.82, 2.24) is 9.80 Å². The van der Waals surface area contributed by atoms with Crippen LogP contribution in [-0.4, -0.2) is 76.0 Å². The molecule has 0 aromatic carbocycles. The van der Waals surface area contributed by atoms with Crippen LogP contribution in [0.1, 0.15) is 113 Å². The fraction of sp³-hybridized carbons (Fsp3) is 0.935. The Bertz CT molecular complexity index is 888. The number of carboxylic acid groups (broad SMARTS) is 2. The molecular formula is C31H52N2O6-2. The molecule has 8 nitrogen and oxygen atoms in total. The second kappa shape index (κ2) is 9.40. The number of rotatable bonds is 4. The summed E-state index contributed by atoms with van der Waals surface area (Å²) < 4.78 is 13.5. The van der Waals surface area contributed by atoms with Crippen LogP contribution in [0.4, 0.5) is 0 Å². The summed E-state index contributed by atoms with van der Waals surface area (Å²) in [6.07, 6.45) is 6.49. The second-order valence-electron chi connectivity index (χ2n) is 15.7. The molecule has 4 rings (SSSR count). The number of likely N-dealkylation sites (tertiary alicyclic amines) is 2. The maximum Gasteiger partial charge on any atom is 0.169 e. The van der Waals surface area contributed by atoms with E-state index in [1.807, 2.05) is 0 Å². The van der Waals surface area contributed by atoms with Gasteiger partial charge in [-0.15, -0.1) is 0 Å². The molecule has 1 saturated carbocycles. The minimum atomic E-state index is -2.44. The Hall–Kier alpha value is -1.22. The predicted molar refractivity (Wildman–Crippen MR) is 145 cm³/mol. The van der Waals surface area contributed by atoms with Crippen LogP contribution in [-0.2, 0) is 19.1 Å². The van der Waals surface area contributed by atoms with Crippen molar-refractivity contribution in [2.24, 2.45) is 17.3 Å². The molecule has 1 aliphatic carbocycles. The molecule has 3 heterocycles. The first-order valence-electron chi connectivity index (χ1n) is 14.9. The molecule has 0 bridgehead atoms. The Morgan fingerprint density at radius 1 is 0.667 bits per heavy atom. The number of nitrogens with zero attached hydrogens (tertiary/aromatic N) is 2. The lowest BCUT2D eigenvalue weighted by Crippen LogP contribution is -2.81. The van der Waals surface area contributed by atoms with Gasteiger partial charge in [-0.3, -0.25) is 9.80 Å². The Balaban J connectivity index is 2.03. The highest BCUT2D eigenvalue weighted by molar-refractivity contribution is 5.98. The third kappa shape index (κ3) is 4.56. The van der Waals surface area contributed by atoms with E-state index in [0.29, 0.717) is 38.5 Å². The first kappa shape index (κ1) is 30.7. The Kier molecular flexibility index (Phi) is 7.41. The summed E-state index contributed by atoms with van der Waals surface area (Å²) in [7, 11) is 4.20. The third-order valence-electron chi connectivity index (χ3n) is 11.7. The van der Waals surface area contributed by atoms with Gasteiger partial charge in [0.15, 0.2) is 5.79 Å². The molecule has 0 atom stereocenters. The van der Waals surface area contributed by atoms with E-state index in [4.69, 9.17) is 9.47 Å². The lowest BCUT2D eigenvalue weighted by atomic mass is 9.50. The van der Waals surface area contributed by atoms with Crippen LogP contribution in [0.15, 0.2) is 0 Å². The number of aliphatic carboxylic acids is 2. The van der Waals surface area contributed by atoms with Gasteiger partial charge in [0.2, 0.25) is 0 Å². The Morgan fingerprint density at radius 3 is 1.36 bits per heavy atom. The van der Waals surface area contributed by atoms with E-state index < -0.39 is 35.3 Å². The van der Waals surface area contributed by atoms with Gasteiger partial charge in [-0.25, -0.2) is 0 Å². The first-order valence-corrected chi connectivity index (χ1v) is 14.9. The van der Waals surface area contributed by atoms with Crippen molar-refractivity contribution < 1.29 is 29.3 Å². The monoisotopic (exact) mass is 548 g/mol. The fourth-order valence-electron chi connectivity index (χ4n) is 9.18. The summed E-state index contributed by atoms with van der Waals surface area (Å²) >= 11 is 0. The Labute approximate surface area is 235 Å². The predicted octanol–water partition coefficient (Wildman–Crippen LogP) is 2.72. The van der Waals surface area contributed by atoms with Crippen molar-refractivity contribution in [2.75, 3.05) is 20.7 Å². The van der Waals surface area contributed by atoms with E-state index in [9.17, 15) is 19.8 Å². The zero-order valence-corrected chi connectivity index (χ0v) is 26.1. The molecular weight excluding hydrogens is 496 g/mol. The van der Waals surface area contributed by atoms with Gasteiger partial charge in [0.05, 0.1) is 24.1 Å². The van der Waals surface area contributed by atoms with Crippen LogP contribution < -0.4 is 10.2 Å². The van der Waals surface area contributed by atoms with E-state index in [2.05, 4.69) is 79.3 Å². The van der Waals surface area contributed by atoms with Gasteiger partial charge in [0, 0.05) is 35.0 Å². The van der Waals surface area contributed by atoms with Gasteiger partial charge in [0.1, 0.15) is 5.41 Å². The number of carboxylic acids is 2. The molecule has 0 unspecified atom stereocenters. The van der Waals surface area contributed by atoms with Crippen molar-refractivity contribution in [2.45, 2.75) is 147 Å². The molecule has 0 aromatic heterocycles. The standard InChI is InChI=1S/C31H54N2O6/c1-25(2)16-21(17-26(3,4)32(25)9)31(22-18-27(5,6)33(10)28(7,8)19-22)30(23(34)35,24(36)37)20-38-29(39-31)14-12-11-13-15-29/h21-22H,11-20H2,1-10H3,(H,34,35)(H,36,37)/p-2. The SMILES string of the molecule is CN1C(C)(C)CC(C2(C3CC(C)(C)N(C)C(C)(C)C3)OC3(CCCCC3)OCC2(C(=O)[O-])C(=O)[O-])CC1(C)C. The molecule has 0 radical (unpaired) electrons. The van der Waals surface area contributed by atoms with Crippen molar-refractivity contribution in [1.29, 1.82) is 0 Å². The van der Waals surface area contributed by atoms with E-state index in [0.717, 1.165) is 19.3 Å². The number of hydrogen-bond donors (Lipinski definition) is 0. The van der Waals surface area contributed by atoms with Gasteiger partial charge in [-0.1, -0.05) is 6.42 Å². The van der Waals surface area contributed by atoms with E-state index in [-0.39, 0.29) is 34.0 Å². The summed E-state index contributed by atoms with van der Waals surface area (Å²) in [5, 5.41) is 26.7. The highest BCUT2D eigenvalue weighted by Gasteiger charge is 2.71. The minimum Gasteiger partial charge on any atom is -0.549 e. The maximum absolute atomic E-state index is 13.4. The highest BCUT2D eigenvalue weighted by atomic mass is 16.7. The van der Waals surface area contributed by atoms with Crippen LogP contribution >= 0.6 is 0 Å².